The number of halogens is 1. The minimum absolute atomic E-state index is 0.238. The highest BCUT2D eigenvalue weighted by Crippen LogP contribution is 2.28. The topological polar surface area (TPSA) is 77.5 Å². The van der Waals surface area contributed by atoms with E-state index in [9.17, 15) is 9.59 Å². The smallest absolute Gasteiger partial charge is 0.264 e. The fourth-order valence-corrected chi connectivity index (χ4v) is 3.51. The fraction of sp³-hybridized carbons (Fsp3) is 0.150. The van der Waals surface area contributed by atoms with Crippen molar-refractivity contribution in [1.29, 1.82) is 0 Å². The summed E-state index contributed by atoms with van der Waals surface area (Å²) in [5, 5.41) is 3.87. The summed E-state index contributed by atoms with van der Waals surface area (Å²) in [4.78, 5) is 28.3. The molecule has 0 bridgehead atoms. The second kappa shape index (κ2) is 9.34. The molecule has 1 N–H and O–H groups in total. The molecule has 1 heterocycles. The fourth-order valence-electron chi connectivity index (χ4n) is 2.45. The third-order valence-corrected chi connectivity index (χ3v) is 5.09. The van der Waals surface area contributed by atoms with Gasteiger partial charge in [-0.25, -0.2) is 4.98 Å². The van der Waals surface area contributed by atoms with Crippen LogP contribution >= 0.6 is 22.9 Å². The van der Waals surface area contributed by atoms with Crippen LogP contribution in [0.2, 0.25) is 5.02 Å². The molecule has 144 valence electrons. The molecule has 0 atom stereocenters. The number of carbonyl (C=O) groups is 2. The van der Waals surface area contributed by atoms with E-state index in [0.717, 1.165) is 10.4 Å². The van der Waals surface area contributed by atoms with Crippen molar-refractivity contribution in [2.75, 3.05) is 19.0 Å². The summed E-state index contributed by atoms with van der Waals surface area (Å²) >= 11 is 7.55. The number of nitrogens with zero attached hydrogens (tertiary/aromatic N) is 1. The number of nitrogens with one attached hydrogen (secondary N) is 1. The van der Waals surface area contributed by atoms with Gasteiger partial charge in [-0.3, -0.25) is 14.9 Å². The number of rotatable bonds is 8. The van der Waals surface area contributed by atoms with Crippen molar-refractivity contribution in [3.8, 4) is 11.5 Å². The van der Waals surface area contributed by atoms with Crippen molar-refractivity contribution in [2.45, 2.75) is 6.42 Å². The molecule has 0 aliphatic rings. The van der Waals surface area contributed by atoms with E-state index in [0.29, 0.717) is 39.9 Å². The lowest BCUT2D eigenvalue weighted by Crippen LogP contribution is -2.20. The SMILES string of the molecule is COc1ccc(C=O)cc1OCC(=O)Nc1ncc(Cc2ccccc2Cl)s1. The van der Waals surface area contributed by atoms with Crippen LogP contribution in [0.4, 0.5) is 5.13 Å². The summed E-state index contributed by atoms with van der Waals surface area (Å²) in [6, 6.07) is 12.3. The van der Waals surface area contributed by atoms with Gasteiger partial charge in [0.15, 0.2) is 23.2 Å². The Hall–Kier alpha value is -2.90. The zero-order valence-electron chi connectivity index (χ0n) is 15.0. The number of anilines is 1. The average molecular weight is 417 g/mol. The van der Waals surface area contributed by atoms with Gasteiger partial charge in [-0.05, 0) is 29.8 Å². The Morgan fingerprint density at radius 1 is 1.25 bits per heavy atom. The average Bonchev–Trinajstić information content (AvgIpc) is 3.14. The number of aldehydes is 1. The number of ether oxygens (including phenoxy) is 2. The van der Waals surface area contributed by atoms with Crippen LogP contribution < -0.4 is 14.8 Å². The van der Waals surface area contributed by atoms with Crippen LogP contribution in [0.25, 0.3) is 0 Å². The number of hydrogen-bond donors (Lipinski definition) is 1. The van der Waals surface area contributed by atoms with Crippen LogP contribution in [0.1, 0.15) is 20.8 Å². The first-order chi connectivity index (χ1) is 13.6. The second-order valence-corrected chi connectivity index (χ2v) is 7.29. The van der Waals surface area contributed by atoms with Gasteiger partial charge in [-0.15, -0.1) is 11.3 Å². The van der Waals surface area contributed by atoms with Gasteiger partial charge in [-0.2, -0.15) is 0 Å². The molecule has 2 aromatic carbocycles. The maximum Gasteiger partial charge on any atom is 0.264 e. The Kier molecular flexibility index (Phi) is 6.62. The summed E-state index contributed by atoms with van der Waals surface area (Å²) in [6.45, 7) is -0.238. The number of benzene rings is 2. The van der Waals surface area contributed by atoms with Crippen molar-refractivity contribution in [3.05, 3.63) is 69.7 Å². The zero-order chi connectivity index (χ0) is 19.9. The summed E-state index contributed by atoms with van der Waals surface area (Å²) in [5.74, 6) is 0.396. The summed E-state index contributed by atoms with van der Waals surface area (Å²) in [7, 11) is 1.49. The van der Waals surface area contributed by atoms with Gasteiger partial charge in [0.05, 0.1) is 7.11 Å². The Morgan fingerprint density at radius 2 is 2.07 bits per heavy atom. The molecule has 3 aromatic rings. The van der Waals surface area contributed by atoms with Crippen LogP contribution in [-0.2, 0) is 11.2 Å². The van der Waals surface area contributed by atoms with Gasteiger partial charge in [-0.1, -0.05) is 29.8 Å². The largest absolute Gasteiger partial charge is 0.493 e. The maximum atomic E-state index is 12.2. The van der Waals surface area contributed by atoms with Crippen molar-refractivity contribution >= 4 is 40.3 Å². The Bertz CT molecular complexity index is 990. The molecule has 1 aromatic heterocycles. The monoisotopic (exact) mass is 416 g/mol. The van der Waals surface area contributed by atoms with Gasteiger partial charge < -0.3 is 9.47 Å². The van der Waals surface area contributed by atoms with E-state index in [1.807, 2.05) is 24.3 Å². The van der Waals surface area contributed by atoms with Crippen LogP contribution in [0.5, 0.6) is 11.5 Å². The van der Waals surface area contributed by atoms with Gasteiger partial charge >= 0.3 is 0 Å². The molecular weight excluding hydrogens is 400 g/mol. The predicted octanol–water partition coefficient (Wildman–Crippen LogP) is 4.23. The van der Waals surface area contributed by atoms with Crippen molar-refractivity contribution in [2.24, 2.45) is 0 Å². The lowest BCUT2D eigenvalue weighted by atomic mass is 10.1. The highest BCUT2D eigenvalue weighted by atomic mass is 35.5. The maximum absolute atomic E-state index is 12.2. The molecule has 0 aliphatic carbocycles. The molecule has 0 spiro atoms. The van der Waals surface area contributed by atoms with Crippen LogP contribution in [0.3, 0.4) is 0 Å². The number of hydrogen-bond acceptors (Lipinski definition) is 6. The quantitative estimate of drug-likeness (QED) is 0.556. The molecule has 0 fully saturated rings. The molecule has 3 rings (SSSR count). The molecule has 1 amide bonds. The summed E-state index contributed by atoms with van der Waals surface area (Å²) < 4.78 is 10.7. The molecule has 6 nitrogen and oxygen atoms in total. The Balaban J connectivity index is 1.58. The molecular formula is C20H17ClN2O4S. The van der Waals surface area contributed by atoms with Gasteiger partial charge in [0.1, 0.15) is 6.29 Å². The van der Waals surface area contributed by atoms with E-state index in [2.05, 4.69) is 10.3 Å². The molecule has 8 heteroatoms. The highest BCUT2D eigenvalue weighted by Gasteiger charge is 2.11. The predicted molar refractivity (Wildman–Crippen MR) is 109 cm³/mol. The van der Waals surface area contributed by atoms with Gasteiger partial charge in [0.2, 0.25) is 0 Å². The standard InChI is InChI=1S/C20H17ClN2O4S/c1-26-17-7-6-13(11-24)8-18(17)27-12-19(25)23-20-22-10-15(28-20)9-14-4-2-3-5-16(14)21/h2-8,10-11H,9,12H2,1H3,(H,22,23,25). The summed E-state index contributed by atoms with van der Waals surface area (Å²) in [5.41, 5.74) is 1.43. The first-order valence-corrected chi connectivity index (χ1v) is 9.52. The zero-order valence-corrected chi connectivity index (χ0v) is 16.5. The number of carbonyl (C=O) groups excluding carboxylic acids is 2. The second-order valence-electron chi connectivity index (χ2n) is 5.76. The molecule has 0 saturated heterocycles. The third kappa shape index (κ3) is 5.09. The van der Waals surface area contributed by atoms with E-state index in [4.69, 9.17) is 21.1 Å². The van der Waals surface area contributed by atoms with E-state index < -0.39 is 0 Å². The third-order valence-electron chi connectivity index (χ3n) is 3.80. The minimum atomic E-state index is -0.364. The lowest BCUT2D eigenvalue weighted by Gasteiger charge is -2.10. The molecule has 0 saturated carbocycles. The van der Waals surface area contributed by atoms with Gasteiger partial charge in [0, 0.05) is 28.1 Å². The first kappa shape index (κ1) is 19.9. The van der Waals surface area contributed by atoms with Crippen LogP contribution in [-0.4, -0.2) is 30.9 Å². The van der Waals surface area contributed by atoms with Gasteiger partial charge in [0.25, 0.3) is 5.91 Å². The van der Waals surface area contributed by atoms with Crippen molar-refractivity contribution in [1.82, 2.24) is 4.98 Å². The van der Waals surface area contributed by atoms with E-state index in [1.54, 1.807) is 18.3 Å². The number of aromatic nitrogens is 1. The Morgan fingerprint density at radius 3 is 2.82 bits per heavy atom. The first-order valence-electron chi connectivity index (χ1n) is 8.33. The summed E-state index contributed by atoms with van der Waals surface area (Å²) in [6.07, 6.45) is 3.04. The molecule has 0 radical (unpaired) electrons. The minimum Gasteiger partial charge on any atom is -0.493 e. The number of amides is 1. The molecule has 0 unspecified atom stereocenters. The van der Waals surface area contributed by atoms with Crippen LogP contribution in [0.15, 0.2) is 48.7 Å². The van der Waals surface area contributed by atoms with E-state index >= 15 is 0 Å². The Labute approximate surface area is 171 Å². The van der Waals surface area contributed by atoms with Crippen molar-refractivity contribution < 1.29 is 19.1 Å². The molecule has 28 heavy (non-hydrogen) atoms. The van der Waals surface area contributed by atoms with Crippen molar-refractivity contribution in [3.63, 3.8) is 0 Å². The number of methoxy groups -OCH3 is 1. The van der Waals surface area contributed by atoms with E-state index in [-0.39, 0.29) is 12.5 Å². The van der Waals surface area contributed by atoms with E-state index in [1.165, 1.54) is 24.5 Å². The lowest BCUT2D eigenvalue weighted by molar-refractivity contribution is -0.118. The molecule has 0 aliphatic heterocycles. The normalized spacial score (nSPS) is 10.4. The van der Waals surface area contributed by atoms with Crippen LogP contribution in [0, 0.1) is 0 Å². The number of thiazole rings is 1. The highest BCUT2D eigenvalue weighted by molar-refractivity contribution is 7.15.